The van der Waals surface area contributed by atoms with E-state index < -0.39 is 5.54 Å². The summed E-state index contributed by atoms with van der Waals surface area (Å²) in [5, 5.41) is 0.674. The highest BCUT2D eigenvalue weighted by Crippen LogP contribution is 2.24. The predicted octanol–water partition coefficient (Wildman–Crippen LogP) is 1.47. The minimum Gasteiger partial charge on any atom is -0.328 e. The fraction of sp³-hybridized carbons (Fsp3) is 0.333. The van der Waals surface area contributed by atoms with Gasteiger partial charge in [0.2, 0.25) is 0 Å². The Kier molecular flexibility index (Phi) is 2.73. The normalized spacial score (nSPS) is 15.7. The van der Waals surface area contributed by atoms with Crippen molar-refractivity contribution in [1.82, 2.24) is 0 Å². The van der Waals surface area contributed by atoms with Crippen LogP contribution in [-0.4, -0.2) is 6.54 Å². The quantitative estimate of drug-likeness (QED) is 0.732. The Balaban J connectivity index is 3.10. The molecule has 0 radical (unpaired) electrons. The third-order valence-electron chi connectivity index (χ3n) is 1.91. The Morgan fingerprint density at radius 1 is 1.42 bits per heavy atom. The van der Waals surface area contributed by atoms with E-state index in [9.17, 15) is 0 Å². The number of halogens is 1. The molecule has 0 fully saturated rings. The third kappa shape index (κ3) is 1.78. The summed E-state index contributed by atoms with van der Waals surface area (Å²) in [5.41, 5.74) is 11.8. The molecule has 0 aliphatic rings. The minimum atomic E-state index is -0.529. The van der Waals surface area contributed by atoms with Gasteiger partial charge in [-0.15, -0.1) is 0 Å². The van der Waals surface area contributed by atoms with Gasteiger partial charge in [-0.2, -0.15) is 0 Å². The number of hydrogen-bond donors (Lipinski definition) is 2. The van der Waals surface area contributed by atoms with Crippen LogP contribution in [0.3, 0.4) is 0 Å². The second kappa shape index (κ2) is 3.44. The van der Waals surface area contributed by atoms with Gasteiger partial charge in [0.05, 0.1) is 5.54 Å². The highest BCUT2D eigenvalue weighted by molar-refractivity contribution is 6.31. The summed E-state index contributed by atoms with van der Waals surface area (Å²) in [7, 11) is 0. The molecule has 66 valence electrons. The summed E-state index contributed by atoms with van der Waals surface area (Å²) in [6, 6.07) is 7.49. The van der Waals surface area contributed by atoms with Crippen LogP contribution < -0.4 is 11.5 Å². The van der Waals surface area contributed by atoms with Crippen molar-refractivity contribution in [3.05, 3.63) is 34.9 Å². The lowest BCUT2D eigenvalue weighted by molar-refractivity contribution is 0.508. The topological polar surface area (TPSA) is 52.0 Å². The van der Waals surface area contributed by atoms with Crippen LogP contribution in [-0.2, 0) is 5.54 Å². The first-order valence-electron chi connectivity index (χ1n) is 3.82. The molecule has 2 nitrogen and oxygen atoms in total. The van der Waals surface area contributed by atoms with Gasteiger partial charge in [0.15, 0.2) is 0 Å². The van der Waals surface area contributed by atoms with Crippen LogP contribution in [0.4, 0.5) is 0 Å². The summed E-state index contributed by atoms with van der Waals surface area (Å²) < 4.78 is 0. The van der Waals surface area contributed by atoms with Gasteiger partial charge in [0.25, 0.3) is 0 Å². The van der Waals surface area contributed by atoms with Crippen molar-refractivity contribution in [2.45, 2.75) is 12.5 Å². The van der Waals surface area contributed by atoms with Crippen LogP contribution >= 0.6 is 11.6 Å². The molecule has 0 spiro atoms. The van der Waals surface area contributed by atoms with E-state index in [0.29, 0.717) is 11.6 Å². The zero-order chi connectivity index (χ0) is 9.19. The van der Waals surface area contributed by atoms with Crippen LogP contribution in [0, 0.1) is 0 Å². The molecule has 1 atom stereocenters. The van der Waals surface area contributed by atoms with E-state index in [1.807, 2.05) is 31.2 Å². The molecule has 0 aromatic heterocycles. The van der Waals surface area contributed by atoms with Crippen molar-refractivity contribution in [1.29, 1.82) is 0 Å². The lowest BCUT2D eigenvalue weighted by Crippen LogP contribution is -2.41. The molecule has 1 rings (SSSR count). The molecule has 0 aliphatic carbocycles. The van der Waals surface area contributed by atoms with Gasteiger partial charge < -0.3 is 11.5 Å². The van der Waals surface area contributed by atoms with Gasteiger partial charge in [0.1, 0.15) is 0 Å². The Hall–Kier alpha value is -0.570. The average Bonchev–Trinajstić information content (AvgIpc) is 2.05. The van der Waals surface area contributed by atoms with Gasteiger partial charge in [-0.3, -0.25) is 0 Å². The van der Waals surface area contributed by atoms with Crippen molar-refractivity contribution >= 4 is 11.6 Å². The van der Waals surface area contributed by atoms with E-state index in [0.717, 1.165) is 5.56 Å². The average molecular weight is 185 g/mol. The fourth-order valence-corrected chi connectivity index (χ4v) is 1.39. The maximum Gasteiger partial charge on any atom is 0.0519 e. The predicted molar refractivity (Wildman–Crippen MR) is 52.0 cm³/mol. The molecule has 1 aromatic carbocycles. The Labute approximate surface area is 77.5 Å². The van der Waals surface area contributed by atoms with Gasteiger partial charge >= 0.3 is 0 Å². The van der Waals surface area contributed by atoms with E-state index in [2.05, 4.69) is 0 Å². The molecule has 0 bridgehead atoms. The van der Waals surface area contributed by atoms with Crippen molar-refractivity contribution in [3.8, 4) is 0 Å². The number of rotatable bonds is 2. The molecule has 4 N–H and O–H groups in total. The summed E-state index contributed by atoms with van der Waals surface area (Å²) >= 11 is 5.95. The third-order valence-corrected chi connectivity index (χ3v) is 2.24. The molecule has 1 unspecified atom stereocenters. The number of nitrogens with two attached hydrogens (primary N) is 2. The van der Waals surface area contributed by atoms with E-state index in [4.69, 9.17) is 23.1 Å². The van der Waals surface area contributed by atoms with Crippen molar-refractivity contribution in [2.24, 2.45) is 11.5 Å². The van der Waals surface area contributed by atoms with Crippen LogP contribution in [0.15, 0.2) is 24.3 Å². The molecular weight excluding hydrogens is 172 g/mol. The summed E-state index contributed by atoms with van der Waals surface area (Å²) in [6.45, 7) is 2.25. The van der Waals surface area contributed by atoms with Crippen LogP contribution in [0.2, 0.25) is 5.02 Å². The monoisotopic (exact) mass is 184 g/mol. The van der Waals surface area contributed by atoms with Crippen LogP contribution in [0.5, 0.6) is 0 Å². The zero-order valence-electron chi connectivity index (χ0n) is 7.05. The molecule has 0 aliphatic heterocycles. The Bertz CT molecular complexity index is 271. The maximum absolute atomic E-state index is 5.95. The number of benzene rings is 1. The molecule has 12 heavy (non-hydrogen) atoms. The van der Waals surface area contributed by atoms with Crippen molar-refractivity contribution in [3.63, 3.8) is 0 Å². The van der Waals surface area contributed by atoms with Gasteiger partial charge in [-0.05, 0) is 18.6 Å². The van der Waals surface area contributed by atoms with Gasteiger partial charge in [-0.25, -0.2) is 0 Å². The first-order valence-corrected chi connectivity index (χ1v) is 4.19. The summed E-state index contributed by atoms with van der Waals surface area (Å²) in [5.74, 6) is 0. The molecular formula is C9H13ClN2. The van der Waals surface area contributed by atoms with Crippen LogP contribution in [0.1, 0.15) is 12.5 Å². The highest BCUT2D eigenvalue weighted by Gasteiger charge is 2.20. The standard InChI is InChI=1S/C9H13ClN2/c1-9(12,6-11)7-4-2-3-5-8(7)10/h2-5H,6,11-12H2,1H3. The molecule has 0 saturated heterocycles. The lowest BCUT2D eigenvalue weighted by atomic mass is 9.93. The first kappa shape index (κ1) is 9.52. The second-order valence-electron chi connectivity index (χ2n) is 3.10. The summed E-state index contributed by atoms with van der Waals surface area (Å²) in [6.07, 6.45) is 0. The highest BCUT2D eigenvalue weighted by atomic mass is 35.5. The van der Waals surface area contributed by atoms with Crippen molar-refractivity contribution < 1.29 is 0 Å². The molecule has 0 saturated carbocycles. The number of hydrogen-bond acceptors (Lipinski definition) is 2. The Morgan fingerprint density at radius 3 is 2.50 bits per heavy atom. The van der Waals surface area contributed by atoms with Gasteiger partial charge in [0, 0.05) is 11.6 Å². The largest absolute Gasteiger partial charge is 0.328 e. The van der Waals surface area contributed by atoms with E-state index in [1.165, 1.54) is 0 Å². The first-order chi connectivity index (χ1) is 5.58. The molecule has 1 aromatic rings. The maximum atomic E-state index is 5.95. The SMILES string of the molecule is CC(N)(CN)c1ccccc1Cl. The summed E-state index contributed by atoms with van der Waals surface area (Å²) in [4.78, 5) is 0. The minimum absolute atomic E-state index is 0.386. The lowest BCUT2D eigenvalue weighted by Gasteiger charge is -2.23. The van der Waals surface area contributed by atoms with Crippen molar-refractivity contribution in [2.75, 3.05) is 6.54 Å². The van der Waals surface area contributed by atoms with Gasteiger partial charge in [-0.1, -0.05) is 29.8 Å². The second-order valence-corrected chi connectivity index (χ2v) is 3.51. The zero-order valence-corrected chi connectivity index (χ0v) is 7.81. The fourth-order valence-electron chi connectivity index (χ4n) is 1.03. The smallest absolute Gasteiger partial charge is 0.0519 e. The molecule has 0 amide bonds. The molecule has 3 heteroatoms. The Morgan fingerprint density at radius 2 is 2.00 bits per heavy atom. The molecule has 0 heterocycles. The van der Waals surface area contributed by atoms with Crippen LogP contribution in [0.25, 0.3) is 0 Å². The van der Waals surface area contributed by atoms with E-state index in [1.54, 1.807) is 0 Å². The van der Waals surface area contributed by atoms with E-state index in [-0.39, 0.29) is 0 Å². The van der Waals surface area contributed by atoms with E-state index >= 15 is 0 Å².